The molecule has 0 spiro atoms. The summed E-state index contributed by atoms with van der Waals surface area (Å²) in [4.78, 5) is 14.6. The van der Waals surface area contributed by atoms with E-state index in [1.54, 1.807) is 0 Å². The maximum absolute atomic E-state index is 12.9. The van der Waals surface area contributed by atoms with Gasteiger partial charge in [0.15, 0.2) is 5.43 Å². The van der Waals surface area contributed by atoms with Crippen LogP contribution < -0.4 is 10.2 Å². The van der Waals surface area contributed by atoms with Crippen molar-refractivity contribution in [2.24, 2.45) is 0 Å². The quantitative estimate of drug-likeness (QED) is 0.632. The standard InChI is InChI=1S/C18H11F6NO2/c19-17(20,21)11-5-10(6-12(7-11)18(22,23)24)9-27-13-1-2-15-14(8-13)16(26)3-4-25-15/h1-8H,9H2,(H,25,26). The van der Waals surface area contributed by atoms with Crippen LogP contribution in [0.15, 0.2) is 53.5 Å². The maximum Gasteiger partial charge on any atom is 0.416 e. The third-order valence-electron chi connectivity index (χ3n) is 3.78. The second-order valence-corrected chi connectivity index (χ2v) is 5.75. The number of aromatic nitrogens is 1. The van der Waals surface area contributed by atoms with E-state index in [1.165, 1.54) is 30.5 Å². The van der Waals surface area contributed by atoms with Gasteiger partial charge in [0.1, 0.15) is 12.4 Å². The first-order valence-corrected chi connectivity index (χ1v) is 7.57. The van der Waals surface area contributed by atoms with Crippen molar-refractivity contribution in [3.05, 3.63) is 75.6 Å². The number of H-pyrrole nitrogens is 1. The Bertz CT molecular complexity index is 1000. The van der Waals surface area contributed by atoms with Gasteiger partial charge in [-0.1, -0.05) is 0 Å². The first-order valence-electron chi connectivity index (χ1n) is 7.57. The minimum Gasteiger partial charge on any atom is -0.489 e. The number of aromatic amines is 1. The van der Waals surface area contributed by atoms with Gasteiger partial charge in [-0.25, -0.2) is 0 Å². The topological polar surface area (TPSA) is 42.1 Å². The molecule has 3 aromatic rings. The van der Waals surface area contributed by atoms with Crippen LogP contribution in [0.2, 0.25) is 0 Å². The van der Waals surface area contributed by atoms with Crippen molar-refractivity contribution in [3.8, 4) is 5.75 Å². The predicted molar refractivity (Wildman–Crippen MR) is 85.3 cm³/mol. The van der Waals surface area contributed by atoms with Crippen molar-refractivity contribution >= 4 is 10.9 Å². The summed E-state index contributed by atoms with van der Waals surface area (Å²) in [6.07, 6.45) is -8.40. The molecule has 3 nitrogen and oxygen atoms in total. The summed E-state index contributed by atoms with van der Waals surface area (Å²) in [5.41, 5.74) is -2.89. The highest BCUT2D eigenvalue weighted by molar-refractivity contribution is 5.79. The van der Waals surface area contributed by atoms with Crippen LogP contribution >= 0.6 is 0 Å². The van der Waals surface area contributed by atoms with Crippen LogP contribution in [0.1, 0.15) is 16.7 Å². The van der Waals surface area contributed by atoms with Crippen molar-refractivity contribution in [1.29, 1.82) is 0 Å². The lowest BCUT2D eigenvalue weighted by Gasteiger charge is -2.15. The largest absolute Gasteiger partial charge is 0.489 e. The zero-order valence-electron chi connectivity index (χ0n) is 13.4. The van der Waals surface area contributed by atoms with Crippen molar-refractivity contribution in [2.75, 3.05) is 0 Å². The van der Waals surface area contributed by atoms with E-state index < -0.39 is 30.1 Å². The molecular formula is C18H11F6NO2. The molecule has 27 heavy (non-hydrogen) atoms. The molecule has 0 radical (unpaired) electrons. The van der Waals surface area contributed by atoms with Crippen LogP contribution in [0.3, 0.4) is 0 Å². The second kappa shape index (κ2) is 6.64. The number of alkyl halides is 6. The number of fused-ring (bicyclic) bond motifs is 1. The fraction of sp³-hybridized carbons (Fsp3) is 0.167. The summed E-state index contributed by atoms with van der Waals surface area (Å²) in [5.74, 6) is 0.144. The van der Waals surface area contributed by atoms with E-state index in [4.69, 9.17) is 4.74 Å². The normalized spacial score (nSPS) is 12.4. The van der Waals surface area contributed by atoms with Crippen LogP contribution in [0.25, 0.3) is 10.9 Å². The van der Waals surface area contributed by atoms with Gasteiger partial charge in [0.05, 0.1) is 11.1 Å². The summed E-state index contributed by atoms with van der Waals surface area (Å²) < 4.78 is 82.5. The van der Waals surface area contributed by atoms with E-state index in [9.17, 15) is 31.1 Å². The number of halogens is 6. The minimum atomic E-state index is -4.92. The monoisotopic (exact) mass is 387 g/mol. The molecule has 2 aromatic carbocycles. The van der Waals surface area contributed by atoms with E-state index in [0.29, 0.717) is 17.6 Å². The highest BCUT2D eigenvalue weighted by atomic mass is 19.4. The van der Waals surface area contributed by atoms with E-state index in [2.05, 4.69) is 4.98 Å². The maximum atomic E-state index is 12.9. The van der Waals surface area contributed by atoms with Gasteiger partial charge in [-0.2, -0.15) is 26.3 Å². The number of ether oxygens (including phenoxy) is 1. The number of hydrogen-bond acceptors (Lipinski definition) is 2. The Labute approximate surface area is 148 Å². The molecule has 0 saturated carbocycles. The Morgan fingerprint density at radius 3 is 2.07 bits per heavy atom. The smallest absolute Gasteiger partial charge is 0.416 e. The zero-order valence-corrected chi connectivity index (χ0v) is 13.4. The van der Waals surface area contributed by atoms with E-state index in [-0.39, 0.29) is 28.2 Å². The zero-order chi connectivity index (χ0) is 19.8. The van der Waals surface area contributed by atoms with Gasteiger partial charge in [0, 0.05) is 23.2 Å². The molecule has 0 aliphatic rings. The summed E-state index contributed by atoms with van der Waals surface area (Å²) >= 11 is 0. The molecule has 9 heteroatoms. The van der Waals surface area contributed by atoms with E-state index in [1.807, 2.05) is 0 Å². The second-order valence-electron chi connectivity index (χ2n) is 5.75. The lowest BCUT2D eigenvalue weighted by molar-refractivity contribution is -0.143. The van der Waals surface area contributed by atoms with E-state index >= 15 is 0 Å². The number of rotatable bonds is 3. The Morgan fingerprint density at radius 1 is 0.852 bits per heavy atom. The average Bonchev–Trinajstić information content (AvgIpc) is 2.59. The first-order chi connectivity index (χ1) is 12.5. The van der Waals surface area contributed by atoms with E-state index in [0.717, 1.165) is 0 Å². The molecule has 1 aromatic heterocycles. The van der Waals surface area contributed by atoms with Gasteiger partial charge in [-0.15, -0.1) is 0 Å². The minimum absolute atomic E-state index is 0.0546. The number of benzene rings is 2. The highest BCUT2D eigenvalue weighted by Crippen LogP contribution is 2.36. The molecule has 0 saturated heterocycles. The Balaban J connectivity index is 1.91. The van der Waals surface area contributed by atoms with Crippen LogP contribution in [0.4, 0.5) is 26.3 Å². The van der Waals surface area contributed by atoms with Gasteiger partial charge in [-0.3, -0.25) is 4.79 Å². The van der Waals surface area contributed by atoms with Gasteiger partial charge in [0.2, 0.25) is 0 Å². The number of nitrogens with one attached hydrogen (secondary N) is 1. The van der Waals surface area contributed by atoms with Crippen LogP contribution in [0, 0.1) is 0 Å². The van der Waals surface area contributed by atoms with Gasteiger partial charge in [0.25, 0.3) is 0 Å². The lowest BCUT2D eigenvalue weighted by Crippen LogP contribution is -2.12. The summed E-state index contributed by atoms with van der Waals surface area (Å²) in [5, 5.41) is 0.287. The summed E-state index contributed by atoms with van der Waals surface area (Å²) in [6.45, 7) is -0.525. The molecule has 0 unspecified atom stereocenters. The number of hydrogen-bond donors (Lipinski definition) is 1. The van der Waals surface area contributed by atoms with Gasteiger partial charge in [-0.05, 0) is 42.0 Å². The molecule has 0 aliphatic carbocycles. The number of pyridine rings is 1. The third-order valence-corrected chi connectivity index (χ3v) is 3.78. The molecule has 1 N–H and O–H groups in total. The Hall–Kier alpha value is -2.97. The third kappa shape index (κ3) is 4.24. The fourth-order valence-corrected chi connectivity index (χ4v) is 2.51. The first kappa shape index (κ1) is 18.8. The van der Waals surface area contributed by atoms with Crippen LogP contribution in [-0.4, -0.2) is 4.98 Å². The summed E-state index contributed by atoms with van der Waals surface area (Å²) in [7, 11) is 0. The molecule has 0 amide bonds. The van der Waals surface area contributed by atoms with Gasteiger partial charge >= 0.3 is 12.4 Å². The fourth-order valence-electron chi connectivity index (χ4n) is 2.51. The molecule has 0 aliphatic heterocycles. The molecule has 0 bridgehead atoms. The van der Waals surface area contributed by atoms with Crippen LogP contribution in [-0.2, 0) is 19.0 Å². The molecular weight excluding hydrogens is 376 g/mol. The van der Waals surface area contributed by atoms with Gasteiger partial charge < -0.3 is 9.72 Å². The van der Waals surface area contributed by atoms with Crippen LogP contribution in [0.5, 0.6) is 5.75 Å². The highest BCUT2D eigenvalue weighted by Gasteiger charge is 2.36. The SMILES string of the molecule is O=c1cc[nH]c2ccc(OCc3cc(C(F)(F)F)cc(C(F)(F)F)c3)cc12. The molecule has 0 atom stereocenters. The van der Waals surface area contributed by atoms with Crippen molar-refractivity contribution in [3.63, 3.8) is 0 Å². The summed E-state index contributed by atoms with van der Waals surface area (Å²) in [6, 6.07) is 6.89. The van der Waals surface area contributed by atoms with Crippen molar-refractivity contribution in [1.82, 2.24) is 4.98 Å². The Kier molecular flexibility index (Phi) is 4.63. The molecule has 3 rings (SSSR count). The molecule has 0 fully saturated rings. The average molecular weight is 387 g/mol. The Morgan fingerprint density at radius 2 is 1.48 bits per heavy atom. The van der Waals surface area contributed by atoms with Crippen molar-refractivity contribution in [2.45, 2.75) is 19.0 Å². The molecule has 142 valence electrons. The molecule has 1 heterocycles. The van der Waals surface area contributed by atoms with Crippen molar-refractivity contribution < 1.29 is 31.1 Å². The lowest BCUT2D eigenvalue weighted by atomic mass is 10.1. The predicted octanol–water partition coefficient (Wildman–Crippen LogP) is 5.14.